The number of halogens is 2. The maximum Gasteiger partial charge on any atom is 0.255 e. The van der Waals surface area contributed by atoms with Crippen molar-refractivity contribution in [2.75, 3.05) is 5.32 Å². The number of para-hydroxylation sites is 1. The first-order valence-corrected chi connectivity index (χ1v) is 9.42. The van der Waals surface area contributed by atoms with Crippen LogP contribution in [0.1, 0.15) is 52.8 Å². The van der Waals surface area contributed by atoms with Gasteiger partial charge in [-0.3, -0.25) is 4.79 Å². The summed E-state index contributed by atoms with van der Waals surface area (Å²) in [6.45, 7) is 0. The highest BCUT2D eigenvalue weighted by atomic mass is 35.5. The van der Waals surface area contributed by atoms with Gasteiger partial charge in [0.1, 0.15) is 0 Å². The maximum atomic E-state index is 12.6. The number of carbonyl (C=O) groups excluding carboxylic acids is 1. The summed E-state index contributed by atoms with van der Waals surface area (Å²) in [6, 6.07) is 10.5. The fourth-order valence-electron chi connectivity index (χ4n) is 4.10. The zero-order valence-electron chi connectivity index (χ0n) is 13.8. The molecule has 2 aliphatic rings. The fourth-order valence-corrected chi connectivity index (χ4v) is 4.60. The summed E-state index contributed by atoms with van der Waals surface area (Å²) in [5.41, 5.74) is 4.80. The Kier molecular flexibility index (Phi) is 3.66. The maximum absolute atomic E-state index is 12.6. The van der Waals surface area contributed by atoms with Crippen molar-refractivity contribution in [3.8, 4) is 0 Å². The largest absolute Gasteiger partial charge is 0.319 e. The zero-order chi connectivity index (χ0) is 17.8. The van der Waals surface area contributed by atoms with E-state index in [4.69, 9.17) is 33.2 Å². The molecular weight excluding hydrogens is 369 g/mol. The van der Waals surface area contributed by atoms with Gasteiger partial charge in [0.15, 0.2) is 0 Å². The first kappa shape index (κ1) is 16.0. The van der Waals surface area contributed by atoms with Crippen molar-refractivity contribution in [2.45, 2.75) is 31.1 Å². The third kappa shape index (κ3) is 2.48. The number of amides is 1. The zero-order valence-corrected chi connectivity index (χ0v) is 15.3. The Balaban J connectivity index is 1.51. The lowest BCUT2D eigenvalue weighted by Crippen LogP contribution is -2.13. The lowest BCUT2D eigenvalue weighted by Gasteiger charge is -2.14. The van der Waals surface area contributed by atoms with Gasteiger partial charge in [-0.2, -0.15) is 0 Å². The fraction of sp³-hybridized carbons (Fsp3) is 0.250. The van der Waals surface area contributed by atoms with Crippen molar-refractivity contribution in [3.05, 3.63) is 63.4 Å². The second-order valence-electron chi connectivity index (χ2n) is 6.96. The van der Waals surface area contributed by atoms with E-state index in [2.05, 4.69) is 5.32 Å². The van der Waals surface area contributed by atoms with Crippen LogP contribution in [0.4, 0.5) is 5.69 Å². The summed E-state index contributed by atoms with van der Waals surface area (Å²) in [6.07, 6.45) is 3.59. The summed E-state index contributed by atoms with van der Waals surface area (Å²) < 4.78 is 0. The van der Waals surface area contributed by atoms with Crippen LogP contribution in [-0.4, -0.2) is 15.9 Å². The quantitative estimate of drug-likeness (QED) is 0.630. The first-order valence-electron chi connectivity index (χ1n) is 8.67. The number of rotatable bonds is 2. The molecule has 2 atom stereocenters. The first-order chi connectivity index (χ1) is 12.6. The van der Waals surface area contributed by atoms with E-state index in [1.54, 1.807) is 30.3 Å². The Morgan fingerprint density at radius 1 is 0.962 bits per heavy atom. The SMILES string of the molecule is O=C(Nc1c(Cl)cccc1Cl)c1ccc2nc3c(nc2c1)C1CCC3C1. The number of nitrogens with one attached hydrogen (secondary N) is 1. The molecule has 5 rings (SSSR count). The molecule has 1 heterocycles. The van der Waals surface area contributed by atoms with Crippen LogP contribution >= 0.6 is 23.2 Å². The summed E-state index contributed by atoms with van der Waals surface area (Å²) in [5.74, 6) is 0.828. The van der Waals surface area contributed by atoms with E-state index in [0.29, 0.717) is 33.1 Å². The predicted molar refractivity (Wildman–Crippen MR) is 103 cm³/mol. The van der Waals surface area contributed by atoms with Crippen molar-refractivity contribution >= 4 is 45.8 Å². The number of fused-ring (bicyclic) bond motifs is 6. The van der Waals surface area contributed by atoms with Crippen molar-refractivity contribution < 1.29 is 4.79 Å². The van der Waals surface area contributed by atoms with Crippen LogP contribution < -0.4 is 5.32 Å². The molecule has 1 aromatic heterocycles. The third-order valence-electron chi connectivity index (χ3n) is 5.39. The minimum atomic E-state index is -0.272. The lowest BCUT2D eigenvalue weighted by molar-refractivity contribution is 0.102. The molecule has 3 aromatic rings. The topological polar surface area (TPSA) is 54.9 Å². The highest BCUT2D eigenvalue weighted by Gasteiger charge is 2.39. The van der Waals surface area contributed by atoms with Crippen LogP contribution in [-0.2, 0) is 0 Å². The van der Waals surface area contributed by atoms with Gasteiger partial charge in [0, 0.05) is 17.4 Å². The third-order valence-corrected chi connectivity index (χ3v) is 6.02. The molecule has 4 nitrogen and oxygen atoms in total. The van der Waals surface area contributed by atoms with Gasteiger partial charge in [-0.1, -0.05) is 29.3 Å². The molecule has 0 saturated heterocycles. The Labute approximate surface area is 160 Å². The molecule has 1 saturated carbocycles. The lowest BCUT2D eigenvalue weighted by atomic mass is 10.00. The average Bonchev–Trinajstić information content (AvgIpc) is 3.25. The molecule has 2 aliphatic carbocycles. The number of hydrogen-bond donors (Lipinski definition) is 1. The standard InChI is InChI=1S/C20H15Cl2N3O/c21-13-2-1-3-14(22)19(13)25-20(26)12-6-7-15-16(9-12)24-18-11-5-4-10(8-11)17(18)23-15/h1-3,6-7,9-11H,4-5,8H2,(H,25,26). The smallest absolute Gasteiger partial charge is 0.255 e. The van der Waals surface area contributed by atoms with Gasteiger partial charge in [0.2, 0.25) is 0 Å². The van der Waals surface area contributed by atoms with E-state index in [1.165, 1.54) is 19.3 Å². The van der Waals surface area contributed by atoms with Gasteiger partial charge in [0.25, 0.3) is 5.91 Å². The van der Waals surface area contributed by atoms with Crippen molar-refractivity contribution in [1.82, 2.24) is 9.97 Å². The molecule has 0 spiro atoms. The Morgan fingerprint density at radius 3 is 2.31 bits per heavy atom. The van der Waals surface area contributed by atoms with Gasteiger partial charge in [-0.15, -0.1) is 0 Å². The van der Waals surface area contributed by atoms with Crippen LogP contribution in [0, 0.1) is 0 Å². The number of anilines is 1. The van der Waals surface area contributed by atoms with Crippen LogP contribution in [0.3, 0.4) is 0 Å². The van der Waals surface area contributed by atoms with Crippen molar-refractivity contribution in [2.24, 2.45) is 0 Å². The van der Waals surface area contributed by atoms with Gasteiger partial charge in [-0.25, -0.2) is 9.97 Å². The number of benzene rings is 2. The van der Waals surface area contributed by atoms with Crippen LogP contribution in [0.25, 0.3) is 11.0 Å². The molecule has 0 aliphatic heterocycles. The van der Waals surface area contributed by atoms with E-state index >= 15 is 0 Å². The molecule has 2 aromatic carbocycles. The molecule has 26 heavy (non-hydrogen) atoms. The van der Waals surface area contributed by atoms with Gasteiger partial charge in [0.05, 0.1) is 38.2 Å². The predicted octanol–water partition coefficient (Wildman–Crippen LogP) is 5.55. The number of carbonyl (C=O) groups is 1. The van der Waals surface area contributed by atoms with Crippen LogP contribution in [0.2, 0.25) is 10.0 Å². The molecule has 2 bridgehead atoms. The second kappa shape index (κ2) is 5.93. The Bertz CT molecular complexity index is 1050. The Morgan fingerprint density at radius 2 is 1.62 bits per heavy atom. The Hall–Kier alpha value is -2.17. The molecular formula is C20H15Cl2N3O. The van der Waals surface area contributed by atoms with E-state index < -0.39 is 0 Å². The van der Waals surface area contributed by atoms with Crippen molar-refractivity contribution in [3.63, 3.8) is 0 Å². The normalized spacial score (nSPS) is 20.4. The molecule has 130 valence electrons. The van der Waals surface area contributed by atoms with Crippen molar-refractivity contribution in [1.29, 1.82) is 0 Å². The van der Waals surface area contributed by atoms with Crippen LogP contribution in [0.5, 0.6) is 0 Å². The molecule has 0 radical (unpaired) electrons. The summed E-state index contributed by atoms with van der Waals surface area (Å²) in [5, 5.41) is 3.59. The van der Waals surface area contributed by atoms with Crippen LogP contribution in [0.15, 0.2) is 36.4 Å². The summed E-state index contributed by atoms with van der Waals surface area (Å²) >= 11 is 12.3. The molecule has 1 fully saturated rings. The van der Waals surface area contributed by atoms with E-state index in [1.807, 2.05) is 6.07 Å². The number of aromatic nitrogens is 2. The summed E-state index contributed by atoms with van der Waals surface area (Å²) in [7, 11) is 0. The van der Waals surface area contributed by atoms with Gasteiger partial charge in [-0.05, 0) is 49.6 Å². The highest BCUT2D eigenvalue weighted by molar-refractivity contribution is 6.40. The summed E-state index contributed by atoms with van der Waals surface area (Å²) in [4.78, 5) is 22.3. The minimum Gasteiger partial charge on any atom is -0.319 e. The van der Waals surface area contributed by atoms with Gasteiger partial charge < -0.3 is 5.32 Å². The number of nitrogens with zero attached hydrogens (tertiary/aromatic N) is 2. The van der Waals surface area contributed by atoms with E-state index in [-0.39, 0.29) is 5.91 Å². The second-order valence-corrected chi connectivity index (χ2v) is 7.77. The molecule has 1 amide bonds. The molecule has 1 N–H and O–H groups in total. The van der Waals surface area contributed by atoms with Gasteiger partial charge >= 0.3 is 0 Å². The number of hydrogen-bond acceptors (Lipinski definition) is 3. The minimum absolute atomic E-state index is 0.272. The average molecular weight is 384 g/mol. The molecule has 2 unspecified atom stereocenters. The monoisotopic (exact) mass is 383 g/mol. The van der Waals surface area contributed by atoms with E-state index in [0.717, 1.165) is 22.4 Å². The highest BCUT2D eigenvalue weighted by Crippen LogP contribution is 2.51. The molecule has 6 heteroatoms. The van der Waals surface area contributed by atoms with E-state index in [9.17, 15) is 4.79 Å².